The molecular formula is C22H34N7O5P. The van der Waals surface area contributed by atoms with Crippen LogP contribution in [0.5, 0.6) is 0 Å². The van der Waals surface area contributed by atoms with E-state index in [-0.39, 0.29) is 18.6 Å². The zero-order valence-electron chi connectivity index (χ0n) is 20.6. The summed E-state index contributed by atoms with van der Waals surface area (Å²) in [5.41, 5.74) is 7.92. The Morgan fingerprint density at radius 2 is 1.89 bits per heavy atom. The van der Waals surface area contributed by atoms with Gasteiger partial charge in [0.15, 0.2) is 11.5 Å². The lowest BCUT2D eigenvalue weighted by Crippen LogP contribution is -2.36. The number of hydrogen-bond acceptors (Lipinski definition) is 10. The maximum absolute atomic E-state index is 13.7. The number of nitrogen functional groups attached to an aromatic ring is 1. The molecule has 0 saturated heterocycles. The number of imidazole rings is 1. The topological polar surface area (TPSA) is 156 Å². The van der Waals surface area contributed by atoms with Crippen LogP contribution in [0.3, 0.4) is 0 Å². The average Bonchev–Trinajstić information content (AvgIpc) is 3.73. The van der Waals surface area contributed by atoms with Gasteiger partial charge in [0.05, 0.1) is 30.8 Å². The first-order valence-electron chi connectivity index (χ1n) is 12.0. The molecule has 12 nitrogen and oxygen atoms in total. The molecule has 2 aromatic rings. The van der Waals surface area contributed by atoms with Crippen molar-refractivity contribution < 1.29 is 23.5 Å². The van der Waals surface area contributed by atoms with Crippen LogP contribution in [0.1, 0.15) is 53.4 Å². The highest BCUT2D eigenvalue weighted by molar-refractivity contribution is 7.56. The van der Waals surface area contributed by atoms with E-state index in [2.05, 4.69) is 25.2 Å². The second-order valence-electron chi connectivity index (χ2n) is 9.59. The maximum Gasteiger partial charge on any atom is 0.364 e. The number of carbonyl (C=O) groups is 1. The van der Waals surface area contributed by atoms with Crippen LogP contribution < -0.4 is 10.8 Å². The van der Waals surface area contributed by atoms with Gasteiger partial charge in [0.1, 0.15) is 24.2 Å². The van der Waals surface area contributed by atoms with Crippen molar-refractivity contribution in [1.82, 2.24) is 24.6 Å². The summed E-state index contributed by atoms with van der Waals surface area (Å²) in [6, 6.07) is -0.861. The first kappa shape index (κ1) is 25.5. The number of anilines is 1. The summed E-state index contributed by atoms with van der Waals surface area (Å²) in [6.07, 6.45) is 6.35. The molecule has 0 amide bonds. The highest BCUT2D eigenvalue weighted by Crippen LogP contribution is 2.47. The zero-order chi connectivity index (χ0) is 25.2. The van der Waals surface area contributed by atoms with E-state index in [4.69, 9.17) is 19.8 Å². The number of esters is 1. The zero-order valence-corrected chi connectivity index (χ0v) is 21.5. The molecule has 35 heavy (non-hydrogen) atoms. The predicted octanol–water partition coefficient (Wildman–Crippen LogP) is 3.09. The predicted molar refractivity (Wildman–Crippen MR) is 131 cm³/mol. The molecule has 2 aromatic heterocycles. The molecule has 3 N–H and O–H groups in total. The van der Waals surface area contributed by atoms with E-state index in [0.29, 0.717) is 35.4 Å². The van der Waals surface area contributed by atoms with Crippen molar-refractivity contribution in [2.75, 3.05) is 12.1 Å². The van der Waals surface area contributed by atoms with E-state index < -0.39 is 19.5 Å². The average molecular weight is 508 g/mol. The molecule has 2 heterocycles. The van der Waals surface area contributed by atoms with Crippen LogP contribution in [0.15, 0.2) is 17.8 Å². The Hall–Kier alpha value is -2.56. The third-order valence-electron chi connectivity index (χ3n) is 5.78. The summed E-state index contributed by atoms with van der Waals surface area (Å²) in [6.45, 7) is 7.31. The van der Waals surface area contributed by atoms with Gasteiger partial charge in [-0.25, -0.2) is 20.0 Å². The Balaban J connectivity index is 1.43. The van der Waals surface area contributed by atoms with Crippen molar-refractivity contribution in [2.24, 2.45) is 17.0 Å². The largest absolute Gasteiger partial charge is 0.462 e. The molecule has 2 aliphatic carbocycles. The molecule has 2 aliphatic rings. The molecule has 0 spiro atoms. The van der Waals surface area contributed by atoms with Crippen molar-refractivity contribution >= 4 is 36.2 Å². The second kappa shape index (κ2) is 10.6. The molecule has 2 saturated carbocycles. The molecule has 0 aliphatic heterocycles. The lowest BCUT2D eigenvalue weighted by atomic mass is 10.2. The summed E-state index contributed by atoms with van der Waals surface area (Å²) in [4.78, 5) is 24.8. The van der Waals surface area contributed by atoms with Crippen LogP contribution in [0.4, 0.5) is 5.82 Å². The van der Waals surface area contributed by atoms with E-state index in [9.17, 15) is 9.36 Å². The number of oxime groups is 1. The Bertz CT molecular complexity index is 1110. The van der Waals surface area contributed by atoms with Crippen LogP contribution in [0.25, 0.3) is 11.2 Å². The fourth-order valence-electron chi connectivity index (χ4n) is 3.71. The Kier molecular flexibility index (Phi) is 7.73. The van der Waals surface area contributed by atoms with E-state index >= 15 is 0 Å². The van der Waals surface area contributed by atoms with E-state index in [1.807, 2.05) is 6.92 Å². The number of carbonyl (C=O) groups excluding carboxylic acids is 1. The lowest BCUT2D eigenvalue weighted by Gasteiger charge is -2.23. The Morgan fingerprint density at radius 3 is 2.51 bits per heavy atom. The fraction of sp³-hybridized carbons (Fsp3) is 0.682. The quantitative estimate of drug-likeness (QED) is 0.179. The molecule has 0 aromatic carbocycles. The van der Waals surface area contributed by atoms with Crippen molar-refractivity contribution in [3.63, 3.8) is 0 Å². The van der Waals surface area contributed by atoms with Gasteiger partial charge in [0.2, 0.25) is 0 Å². The van der Waals surface area contributed by atoms with Crippen molar-refractivity contribution in [3.8, 4) is 0 Å². The molecule has 0 bridgehead atoms. The number of rotatable bonds is 13. The molecule has 2 fully saturated rings. The van der Waals surface area contributed by atoms with Crippen molar-refractivity contribution in [1.29, 1.82) is 0 Å². The van der Waals surface area contributed by atoms with Crippen LogP contribution in [-0.2, 0) is 30.0 Å². The SMILES string of the molecule is CC(C)OC(=O)[C@H](C)NP(=O)(CO[C@H](C)Cn1cnc2c(N)ncnc21)ON=C(C1CC1)C1CC1. The van der Waals surface area contributed by atoms with Crippen LogP contribution in [0.2, 0.25) is 0 Å². The summed E-state index contributed by atoms with van der Waals surface area (Å²) in [7, 11) is -3.68. The second-order valence-corrected chi connectivity index (χ2v) is 11.6. The number of hydrogen-bond donors (Lipinski definition) is 2. The van der Waals surface area contributed by atoms with Crippen LogP contribution in [-0.4, -0.2) is 55.8 Å². The number of nitrogens with zero attached hydrogens (tertiary/aromatic N) is 5. The van der Waals surface area contributed by atoms with E-state index in [0.717, 1.165) is 31.4 Å². The minimum Gasteiger partial charge on any atom is -0.462 e. The minimum atomic E-state index is -3.68. The highest BCUT2D eigenvalue weighted by atomic mass is 31.2. The third kappa shape index (κ3) is 6.77. The van der Waals surface area contributed by atoms with Gasteiger partial charge in [-0.3, -0.25) is 9.36 Å². The number of nitrogens with one attached hydrogen (secondary N) is 1. The van der Waals surface area contributed by atoms with Gasteiger partial charge < -0.3 is 24.4 Å². The van der Waals surface area contributed by atoms with Gasteiger partial charge in [-0.15, -0.1) is 0 Å². The smallest absolute Gasteiger partial charge is 0.364 e. The van der Waals surface area contributed by atoms with Gasteiger partial charge in [-0.2, -0.15) is 0 Å². The first-order chi connectivity index (χ1) is 16.6. The fourth-order valence-corrected chi connectivity index (χ4v) is 5.25. The minimum absolute atomic E-state index is 0.274. The lowest BCUT2D eigenvalue weighted by molar-refractivity contribution is -0.149. The molecular weight excluding hydrogens is 473 g/mol. The van der Waals surface area contributed by atoms with Crippen molar-refractivity contribution in [2.45, 2.75) is 78.2 Å². The Morgan fingerprint density at radius 1 is 1.20 bits per heavy atom. The Labute approximate surface area is 204 Å². The standard InChI is InChI=1S/C22H34N7O5P/c1-13(2)33-22(30)15(4)28-35(31,34-27-18(16-5-6-16)17-7-8-17)12-32-14(3)9-29-11-26-19-20(23)24-10-25-21(19)29/h10-11,13-17H,5-9,12H2,1-4H3,(H,28,31)(H2,23,24,25)/t14-,15+,35?/m1/s1. The number of nitrogens with two attached hydrogens (primary N) is 1. The first-order valence-corrected chi connectivity index (χ1v) is 13.8. The van der Waals surface area contributed by atoms with Crippen LogP contribution >= 0.6 is 7.52 Å². The van der Waals surface area contributed by atoms with Gasteiger partial charge in [0.25, 0.3) is 0 Å². The number of aromatic nitrogens is 4. The summed E-state index contributed by atoms with van der Waals surface area (Å²) in [5, 5.41) is 7.10. The molecule has 4 rings (SSSR count). The number of ether oxygens (including phenoxy) is 2. The van der Waals surface area contributed by atoms with Gasteiger partial charge in [-0.1, -0.05) is 5.16 Å². The summed E-state index contributed by atoms with van der Waals surface area (Å²) in [5.74, 6) is 0.588. The van der Waals surface area contributed by atoms with Gasteiger partial charge in [0, 0.05) is 11.8 Å². The maximum atomic E-state index is 13.7. The van der Waals surface area contributed by atoms with Gasteiger partial charge >= 0.3 is 13.5 Å². The van der Waals surface area contributed by atoms with E-state index in [1.54, 1.807) is 31.7 Å². The molecule has 3 atom stereocenters. The summed E-state index contributed by atoms with van der Waals surface area (Å²) >= 11 is 0. The highest BCUT2D eigenvalue weighted by Gasteiger charge is 2.40. The monoisotopic (exact) mass is 507 g/mol. The van der Waals surface area contributed by atoms with Crippen molar-refractivity contribution in [3.05, 3.63) is 12.7 Å². The molecule has 13 heteroatoms. The normalized spacial score (nSPS) is 19.2. The summed E-state index contributed by atoms with van der Waals surface area (Å²) < 4.78 is 32.3. The van der Waals surface area contributed by atoms with E-state index in [1.165, 1.54) is 6.33 Å². The van der Waals surface area contributed by atoms with Gasteiger partial charge in [-0.05, 0) is 53.4 Å². The molecule has 0 radical (unpaired) electrons. The molecule has 1 unspecified atom stereocenters. The third-order valence-corrected chi connectivity index (χ3v) is 7.39. The number of fused-ring (bicyclic) bond motifs is 1. The van der Waals surface area contributed by atoms with Crippen LogP contribution in [0, 0.1) is 11.8 Å². The molecule has 192 valence electrons.